The summed E-state index contributed by atoms with van der Waals surface area (Å²) in [6.45, 7) is 7.67. The van der Waals surface area contributed by atoms with Crippen LogP contribution >= 0.6 is 0 Å². The molecule has 0 aliphatic heterocycles. The number of aryl methyl sites for hydroxylation is 1. The van der Waals surface area contributed by atoms with Crippen LogP contribution in [0.1, 0.15) is 37.6 Å². The molecule has 0 spiro atoms. The Morgan fingerprint density at radius 2 is 1.50 bits per heavy atom. The monoisotopic (exact) mass is 416 g/mol. The predicted octanol–water partition coefficient (Wildman–Crippen LogP) is 5.63. The van der Waals surface area contributed by atoms with Crippen molar-refractivity contribution >= 4 is 0 Å². The van der Waals surface area contributed by atoms with E-state index in [0.717, 1.165) is 5.56 Å². The zero-order valence-electron chi connectivity index (χ0n) is 17.2. The lowest BCUT2D eigenvalue weighted by Crippen LogP contribution is -2.42. The summed E-state index contributed by atoms with van der Waals surface area (Å²) >= 11 is 0. The van der Waals surface area contributed by atoms with Gasteiger partial charge in [0.25, 0.3) is 0 Å². The van der Waals surface area contributed by atoms with Crippen molar-refractivity contribution < 1.29 is 23.0 Å². The average molecular weight is 416 g/mol. The van der Waals surface area contributed by atoms with Crippen molar-refractivity contribution in [3.05, 3.63) is 77.9 Å². The maximum absolute atomic E-state index is 12.3. The van der Waals surface area contributed by atoms with Gasteiger partial charge in [0.05, 0.1) is 5.69 Å². The van der Waals surface area contributed by atoms with Gasteiger partial charge in [0, 0.05) is 35.1 Å². The van der Waals surface area contributed by atoms with Gasteiger partial charge >= 0.3 is 6.36 Å². The summed E-state index contributed by atoms with van der Waals surface area (Å²) in [5.41, 5.74) is 1.46. The van der Waals surface area contributed by atoms with Gasteiger partial charge in [0.2, 0.25) is 0 Å². The molecule has 0 fully saturated rings. The first kappa shape index (κ1) is 21.8. The molecule has 1 N–H and O–H groups in total. The number of alkyl halides is 3. The Hall–Kier alpha value is -2.93. The molecule has 30 heavy (non-hydrogen) atoms. The molecular weight excluding hydrogens is 393 g/mol. The third-order valence-electron chi connectivity index (χ3n) is 4.93. The molecule has 1 aromatic carbocycles. The van der Waals surface area contributed by atoms with Crippen LogP contribution in [0.15, 0.2) is 61.1 Å². The van der Waals surface area contributed by atoms with Crippen molar-refractivity contribution in [3.8, 4) is 16.9 Å². The Morgan fingerprint density at radius 1 is 0.867 bits per heavy atom. The van der Waals surface area contributed by atoms with Crippen molar-refractivity contribution in [1.82, 2.24) is 9.97 Å². The maximum atomic E-state index is 12.3. The van der Waals surface area contributed by atoms with Crippen molar-refractivity contribution in [2.24, 2.45) is 5.41 Å². The highest BCUT2D eigenvalue weighted by Crippen LogP contribution is 2.44. The van der Waals surface area contributed by atoms with Crippen molar-refractivity contribution in [1.29, 1.82) is 0 Å². The van der Waals surface area contributed by atoms with Crippen molar-refractivity contribution in [2.75, 3.05) is 0 Å². The standard InChI is InChI=1S/C23H23F3N2O2/c1-15-11-18(14-27-12-15)22(29,21(2,3)4)20-10-7-17(13-28-20)16-5-8-19(9-6-16)30-23(24,25)26/h5-14,29H,1-4H3. The highest BCUT2D eigenvalue weighted by atomic mass is 19.4. The molecule has 0 aliphatic rings. The maximum Gasteiger partial charge on any atom is 0.573 e. The van der Waals surface area contributed by atoms with Gasteiger partial charge in [-0.05, 0) is 42.3 Å². The zero-order valence-corrected chi connectivity index (χ0v) is 17.2. The van der Waals surface area contributed by atoms with Gasteiger partial charge in [-0.2, -0.15) is 0 Å². The Kier molecular flexibility index (Phi) is 5.60. The Morgan fingerprint density at radius 3 is 2.00 bits per heavy atom. The lowest BCUT2D eigenvalue weighted by Gasteiger charge is -2.40. The lowest BCUT2D eigenvalue weighted by atomic mass is 9.70. The average Bonchev–Trinajstić information content (AvgIpc) is 2.66. The van der Waals surface area contributed by atoms with E-state index in [9.17, 15) is 18.3 Å². The second kappa shape index (κ2) is 7.72. The number of benzene rings is 1. The Labute approximate surface area is 173 Å². The summed E-state index contributed by atoms with van der Waals surface area (Å²) in [6, 6.07) is 10.9. The highest BCUT2D eigenvalue weighted by Gasteiger charge is 2.45. The summed E-state index contributed by atoms with van der Waals surface area (Å²) in [4.78, 5) is 8.70. The molecule has 4 nitrogen and oxygen atoms in total. The number of aliphatic hydroxyl groups is 1. The molecule has 1 unspecified atom stereocenters. The molecule has 0 bridgehead atoms. The van der Waals surface area contributed by atoms with Gasteiger partial charge in [-0.25, -0.2) is 0 Å². The van der Waals surface area contributed by atoms with Crippen LogP contribution in [0.5, 0.6) is 5.75 Å². The Balaban J connectivity index is 1.95. The molecular formula is C23H23F3N2O2. The van der Waals surface area contributed by atoms with Gasteiger partial charge in [0.15, 0.2) is 0 Å². The van der Waals surface area contributed by atoms with Gasteiger partial charge in [0.1, 0.15) is 11.4 Å². The lowest BCUT2D eigenvalue weighted by molar-refractivity contribution is -0.274. The first-order valence-corrected chi connectivity index (χ1v) is 9.37. The molecule has 7 heteroatoms. The fourth-order valence-corrected chi connectivity index (χ4v) is 3.35. The molecule has 2 heterocycles. The highest BCUT2D eigenvalue weighted by molar-refractivity contribution is 5.63. The van der Waals surface area contributed by atoms with E-state index in [-0.39, 0.29) is 5.75 Å². The fourth-order valence-electron chi connectivity index (χ4n) is 3.35. The van der Waals surface area contributed by atoms with E-state index in [4.69, 9.17) is 0 Å². The number of aromatic nitrogens is 2. The number of ether oxygens (including phenoxy) is 1. The summed E-state index contributed by atoms with van der Waals surface area (Å²) in [6.07, 6.45) is 0.212. The van der Waals surface area contributed by atoms with Gasteiger partial charge < -0.3 is 9.84 Å². The van der Waals surface area contributed by atoms with E-state index in [1.807, 2.05) is 33.8 Å². The van der Waals surface area contributed by atoms with Crippen molar-refractivity contribution in [2.45, 2.75) is 39.7 Å². The number of hydrogen-bond acceptors (Lipinski definition) is 4. The molecule has 2 aromatic heterocycles. The number of halogens is 3. The first-order chi connectivity index (χ1) is 13.9. The van der Waals surface area contributed by atoms with E-state index in [0.29, 0.717) is 22.4 Å². The summed E-state index contributed by atoms with van der Waals surface area (Å²) < 4.78 is 40.9. The third-order valence-corrected chi connectivity index (χ3v) is 4.93. The quantitative estimate of drug-likeness (QED) is 0.599. The largest absolute Gasteiger partial charge is 0.573 e. The first-order valence-electron chi connectivity index (χ1n) is 9.37. The number of rotatable bonds is 4. The van der Waals surface area contributed by atoms with Gasteiger partial charge in [-0.1, -0.05) is 39.0 Å². The van der Waals surface area contributed by atoms with E-state index < -0.39 is 17.4 Å². The molecule has 0 aliphatic carbocycles. The summed E-state index contributed by atoms with van der Waals surface area (Å²) in [5.74, 6) is -0.287. The van der Waals surface area contributed by atoms with Crippen LogP contribution in [0.25, 0.3) is 11.1 Å². The van der Waals surface area contributed by atoms with Crippen molar-refractivity contribution in [3.63, 3.8) is 0 Å². The van der Waals surface area contributed by atoms with E-state index in [1.165, 1.54) is 24.3 Å². The third kappa shape index (κ3) is 4.46. The predicted molar refractivity (Wildman–Crippen MR) is 108 cm³/mol. The molecule has 0 radical (unpaired) electrons. The molecule has 0 saturated heterocycles. The Bertz CT molecular complexity index is 1010. The van der Waals surface area contributed by atoms with Crippen LogP contribution in [0.2, 0.25) is 0 Å². The van der Waals surface area contributed by atoms with Gasteiger partial charge in [-0.15, -0.1) is 13.2 Å². The minimum atomic E-state index is -4.73. The van der Waals surface area contributed by atoms with Crippen LogP contribution < -0.4 is 4.74 Å². The van der Waals surface area contributed by atoms with Crippen LogP contribution in [0.4, 0.5) is 13.2 Å². The van der Waals surface area contributed by atoms with Gasteiger partial charge in [-0.3, -0.25) is 9.97 Å². The second-order valence-corrected chi connectivity index (χ2v) is 8.22. The second-order valence-electron chi connectivity index (χ2n) is 8.22. The molecule has 3 aromatic rings. The normalized spacial score (nSPS) is 14.3. The molecule has 0 amide bonds. The van der Waals surface area contributed by atoms with Crippen LogP contribution in [0.3, 0.4) is 0 Å². The fraction of sp³-hybridized carbons (Fsp3) is 0.304. The van der Waals surface area contributed by atoms with Crippen LogP contribution in [-0.2, 0) is 5.60 Å². The SMILES string of the molecule is Cc1cncc(C(O)(c2ccc(-c3ccc(OC(F)(F)F)cc3)cn2)C(C)(C)C)c1. The smallest absolute Gasteiger partial charge is 0.406 e. The zero-order chi connectivity index (χ0) is 22.2. The molecule has 0 saturated carbocycles. The number of hydrogen-bond donors (Lipinski definition) is 1. The summed E-state index contributed by atoms with van der Waals surface area (Å²) in [5, 5.41) is 11.7. The van der Waals surface area contributed by atoms with Crippen LogP contribution in [0, 0.1) is 12.3 Å². The topological polar surface area (TPSA) is 55.2 Å². The number of pyridine rings is 2. The van der Waals surface area contributed by atoms with Crippen LogP contribution in [-0.4, -0.2) is 21.4 Å². The van der Waals surface area contributed by atoms with E-state index in [2.05, 4.69) is 14.7 Å². The minimum absolute atomic E-state index is 0.287. The molecule has 3 rings (SSSR count). The molecule has 1 atom stereocenters. The number of nitrogens with zero attached hydrogens (tertiary/aromatic N) is 2. The minimum Gasteiger partial charge on any atom is -0.406 e. The summed E-state index contributed by atoms with van der Waals surface area (Å²) in [7, 11) is 0. The van der Waals surface area contributed by atoms with E-state index in [1.54, 1.807) is 30.7 Å². The molecule has 158 valence electrons. The van der Waals surface area contributed by atoms with E-state index >= 15 is 0 Å².